The Bertz CT molecular complexity index is 1250. The number of nitrogens with two attached hydrogens (primary N) is 1. The van der Waals surface area contributed by atoms with Crippen molar-refractivity contribution in [2.45, 2.75) is 38.1 Å². The van der Waals surface area contributed by atoms with Gasteiger partial charge < -0.3 is 10.8 Å². The Balaban J connectivity index is 0.00000245. The van der Waals surface area contributed by atoms with Gasteiger partial charge in [-0.1, -0.05) is 24.3 Å². The number of aromatic nitrogens is 4. The predicted octanol–water partition coefficient (Wildman–Crippen LogP) is 4.23. The van der Waals surface area contributed by atoms with Gasteiger partial charge in [0, 0.05) is 10.9 Å². The van der Waals surface area contributed by atoms with E-state index in [1.165, 1.54) is 0 Å². The molecular weight excluding hydrogens is 425 g/mol. The SMILES string of the molecule is CC1(O)CC([C@H](N)c2cccc(-c3ccc4cnn(-c5cccc(CF)n5)c4c3)n2)C1.S. The van der Waals surface area contributed by atoms with E-state index in [2.05, 4.69) is 10.1 Å². The number of rotatable bonds is 5. The van der Waals surface area contributed by atoms with Crippen LogP contribution in [0.5, 0.6) is 0 Å². The largest absolute Gasteiger partial charge is 0.390 e. The van der Waals surface area contributed by atoms with Crippen molar-refractivity contribution in [3.05, 3.63) is 72.2 Å². The fourth-order valence-corrected chi connectivity index (χ4v) is 4.38. The number of fused-ring (bicyclic) bond motifs is 1. The molecule has 5 rings (SSSR count). The van der Waals surface area contributed by atoms with Crippen LogP contribution in [0.3, 0.4) is 0 Å². The second-order valence-corrected chi connectivity index (χ2v) is 8.59. The average molecular weight is 452 g/mol. The van der Waals surface area contributed by atoms with E-state index in [4.69, 9.17) is 10.7 Å². The molecule has 0 radical (unpaired) electrons. The standard InChI is InChI=1S/C24H24FN5O.H2S/c1-24(31)11-17(12-24)23(26)20-6-3-5-19(29-20)15-8-9-16-14-27-30(21(16)10-15)22-7-2-4-18(13-25)28-22;/h2-10,14,17,23,31H,11-13,26H2,1H3;1H2/t17?,23-,24?;/m0./s1. The van der Waals surface area contributed by atoms with Crippen molar-refractivity contribution in [3.63, 3.8) is 0 Å². The molecule has 1 aromatic carbocycles. The van der Waals surface area contributed by atoms with Gasteiger partial charge in [-0.05, 0) is 56.0 Å². The third-order valence-corrected chi connectivity index (χ3v) is 6.04. The first-order valence-corrected chi connectivity index (χ1v) is 10.4. The van der Waals surface area contributed by atoms with Gasteiger partial charge in [-0.3, -0.25) is 4.98 Å². The predicted molar refractivity (Wildman–Crippen MR) is 128 cm³/mol. The quantitative estimate of drug-likeness (QED) is 0.474. The van der Waals surface area contributed by atoms with Crippen molar-refractivity contribution in [2.75, 3.05) is 0 Å². The Morgan fingerprint density at radius 2 is 1.94 bits per heavy atom. The topological polar surface area (TPSA) is 89.8 Å². The maximum atomic E-state index is 13.1. The van der Waals surface area contributed by atoms with Crippen LogP contribution in [0, 0.1) is 5.92 Å². The van der Waals surface area contributed by atoms with Crippen molar-refractivity contribution < 1.29 is 9.50 Å². The minimum absolute atomic E-state index is 0. The van der Waals surface area contributed by atoms with Gasteiger partial charge in [-0.2, -0.15) is 18.6 Å². The summed E-state index contributed by atoms with van der Waals surface area (Å²) in [5.74, 6) is 0.804. The number of alkyl halides is 1. The van der Waals surface area contributed by atoms with Crippen molar-refractivity contribution >= 4 is 24.4 Å². The summed E-state index contributed by atoms with van der Waals surface area (Å²) < 4.78 is 14.8. The molecule has 3 N–H and O–H groups in total. The third-order valence-electron chi connectivity index (χ3n) is 6.04. The molecular formula is C24H26FN5OS. The lowest BCUT2D eigenvalue weighted by Gasteiger charge is -2.43. The molecule has 6 nitrogen and oxygen atoms in total. The van der Waals surface area contributed by atoms with Gasteiger partial charge in [-0.15, -0.1) is 0 Å². The van der Waals surface area contributed by atoms with Crippen LogP contribution in [0.4, 0.5) is 4.39 Å². The summed E-state index contributed by atoms with van der Waals surface area (Å²) in [7, 11) is 0. The lowest BCUT2D eigenvalue weighted by atomic mass is 9.68. The molecule has 3 heterocycles. The minimum Gasteiger partial charge on any atom is -0.390 e. The highest BCUT2D eigenvalue weighted by atomic mass is 32.1. The molecule has 8 heteroatoms. The summed E-state index contributed by atoms with van der Waals surface area (Å²) in [6, 6.07) is 16.9. The molecule has 4 aromatic rings. The van der Waals surface area contributed by atoms with E-state index in [0.29, 0.717) is 24.4 Å². The van der Waals surface area contributed by atoms with Gasteiger partial charge in [0.1, 0.15) is 6.67 Å². The second-order valence-electron chi connectivity index (χ2n) is 8.59. The fraction of sp³-hybridized carbons (Fsp3) is 0.292. The van der Waals surface area contributed by atoms with Crippen LogP contribution in [-0.4, -0.2) is 30.5 Å². The fourth-order valence-electron chi connectivity index (χ4n) is 4.38. The van der Waals surface area contributed by atoms with Crippen LogP contribution >= 0.6 is 13.5 Å². The Kier molecular flexibility index (Phi) is 6.03. The first kappa shape index (κ1) is 22.4. The highest BCUT2D eigenvalue weighted by molar-refractivity contribution is 7.59. The Morgan fingerprint density at radius 3 is 2.69 bits per heavy atom. The van der Waals surface area contributed by atoms with Crippen molar-refractivity contribution in [3.8, 4) is 17.1 Å². The van der Waals surface area contributed by atoms with Gasteiger partial charge in [0.2, 0.25) is 0 Å². The molecule has 1 saturated carbocycles. The van der Waals surface area contributed by atoms with E-state index in [1.807, 2.05) is 49.4 Å². The van der Waals surface area contributed by atoms with Gasteiger partial charge in [0.05, 0.1) is 40.4 Å². The van der Waals surface area contributed by atoms with Crippen LogP contribution in [0.15, 0.2) is 60.8 Å². The van der Waals surface area contributed by atoms with E-state index in [1.54, 1.807) is 23.0 Å². The highest BCUT2D eigenvalue weighted by Gasteiger charge is 2.42. The lowest BCUT2D eigenvalue weighted by molar-refractivity contribution is -0.0654. The molecule has 1 aliphatic carbocycles. The normalized spacial score (nSPS) is 21.1. The van der Waals surface area contributed by atoms with Gasteiger partial charge in [0.15, 0.2) is 5.82 Å². The molecule has 3 aromatic heterocycles. The van der Waals surface area contributed by atoms with Crippen LogP contribution < -0.4 is 5.73 Å². The highest BCUT2D eigenvalue weighted by Crippen LogP contribution is 2.43. The van der Waals surface area contributed by atoms with Crippen molar-refractivity contribution in [2.24, 2.45) is 11.7 Å². The maximum absolute atomic E-state index is 13.1. The Morgan fingerprint density at radius 1 is 1.16 bits per heavy atom. The van der Waals surface area contributed by atoms with Crippen molar-refractivity contribution in [1.82, 2.24) is 19.7 Å². The second kappa shape index (κ2) is 8.61. The van der Waals surface area contributed by atoms with E-state index >= 15 is 0 Å². The molecule has 0 aliphatic heterocycles. The number of halogens is 1. The number of hydrogen-bond acceptors (Lipinski definition) is 5. The lowest BCUT2D eigenvalue weighted by Crippen LogP contribution is -2.45. The zero-order chi connectivity index (χ0) is 21.6. The number of benzene rings is 1. The molecule has 1 atom stereocenters. The maximum Gasteiger partial charge on any atom is 0.154 e. The number of pyridine rings is 2. The van der Waals surface area contributed by atoms with E-state index in [0.717, 1.165) is 27.9 Å². The van der Waals surface area contributed by atoms with E-state index < -0.39 is 12.3 Å². The molecule has 1 fully saturated rings. The monoisotopic (exact) mass is 451 g/mol. The molecule has 32 heavy (non-hydrogen) atoms. The number of aliphatic hydroxyl groups is 1. The minimum atomic E-state index is -0.619. The Hall–Kier alpha value is -2.81. The van der Waals surface area contributed by atoms with Crippen LogP contribution in [0.25, 0.3) is 28.0 Å². The molecule has 0 unspecified atom stereocenters. The molecule has 166 valence electrons. The summed E-state index contributed by atoms with van der Waals surface area (Å²) in [5.41, 5.74) is 9.65. The zero-order valence-electron chi connectivity index (χ0n) is 17.7. The smallest absolute Gasteiger partial charge is 0.154 e. The van der Waals surface area contributed by atoms with Crippen molar-refractivity contribution in [1.29, 1.82) is 0 Å². The summed E-state index contributed by atoms with van der Waals surface area (Å²) >= 11 is 0. The third kappa shape index (κ3) is 4.13. The van der Waals surface area contributed by atoms with Gasteiger partial charge in [0.25, 0.3) is 0 Å². The first-order chi connectivity index (χ1) is 14.9. The molecule has 0 spiro atoms. The molecule has 0 amide bonds. The number of nitrogens with zero attached hydrogens (tertiary/aromatic N) is 4. The van der Waals surface area contributed by atoms with Crippen LogP contribution in [0.2, 0.25) is 0 Å². The molecule has 1 aliphatic rings. The van der Waals surface area contributed by atoms with E-state index in [-0.39, 0.29) is 25.5 Å². The van der Waals surface area contributed by atoms with E-state index in [9.17, 15) is 9.50 Å². The summed E-state index contributed by atoms with van der Waals surface area (Å²) in [4.78, 5) is 9.16. The van der Waals surface area contributed by atoms with Crippen LogP contribution in [0.1, 0.15) is 37.2 Å². The van der Waals surface area contributed by atoms with Gasteiger partial charge >= 0.3 is 0 Å². The van der Waals surface area contributed by atoms with Gasteiger partial charge in [-0.25, -0.2) is 14.1 Å². The molecule has 0 bridgehead atoms. The van der Waals surface area contributed by atoms with Crippen LogP contribution in [-0.2, 0) is 6.67 Å². The summed E-state index contributed by atoms with van der Waals surface area (Å²) in [6.07, 6.45) is 3.15. The summed E-state index contributed by atoms with van der Waals surface area (Å²) in [5, 5.41) is 15.4. The zero-order valence-corrected chi connectivity index (χ0v) is 18.7. The average Bonchev–Trinajstić information content (AvgIpc) is 3.20. The Labute approximate surface area is 192 Å². The number of hydrogen-bond donors (Lipinski definition) is 2. The first-order valence-electron chi connectivity index (χ1n) is 10.4. The summed E-state index contributed by atoms with van der Waals surface area (Å²) in [6.45, 7) is 1.22. The molecule has 0 saturated heterocycles.